The molecule has 1 aromatic heterocycles. The number of hydrogen-bond donors (Lipinski definition) is 3. The van der Waals surface area contributed by atoms with Crippen LogP contribution in [0.2, 0.25) is 10.0 Å². The van der Waals surface area contributed by atoms with Gasteiger partial charge in [0.15, 0.2) is 5.96 Å². The molecule has 0 bridgehead atoms. The number of halogens is 2. The molecule has 6 heteroatoms. The van der Waals surface area contributed by atoms with Crippen LogP contribution in [0.25, 0.3) is 22.2 Å². The highest BCUT2D eigenvalue weighted by Crippen LogP contribution is 2.39. The van der Waals surface area contributed by atoms with Crippen LogP contribution in [0.15, 0.2) is 42.5 Å². The number of para-hydroxylation sites is 1. The van der Waals surface area contributed by atoms with Crippen molar-refractivity contribution < 1.29 is 5.11 Å². The molecule has 0 aliphatic rings. The summed E-state index contributed by atoms with van der Waals surface area (Å²) in [5.74, 6) is -0.243. The Labute approximate surface area is 130 Å². The summed E-state index contributed by atoms with van der Waals surface area (Å²) in [6.07, 6.45) is 0. The van der Waals surface area contributed by atoms with Gasteiger partial charge in [-0.2, -0.15) is 0 Å². The number of phenolic OH excluding ortho intramolecular Hbond substituents is 1. The van der Waals surface area contributed by atoms with Crippen molar-refractivity contribution in [3.8, 4) is 17.0 Å². The van der Waals surface area contributed by atoms with Crippen LogP contribution in [0.5, 0.6) is 5.75 Å². The number of phenols is 1. The van der Waals surface area contributed by atoms with Crippen molar-refractivity contribution in [1.29, 1.82) is 5.41 Å². The first-order valence-corrected chi connectivity index (χ1v) is 6.88. The van der Waals surface area contributed by atoms with Crippen LogP contribution in [0.1, 0.15) is 0 Å². The summed E-state index contributed by atoms with van der Waals surface area (Å²) in [6, 6.07) is 12.4. The number of nitrogens with one attached hydrogen (secondary N) is 1. The minimum atomic E-state index is -0.151. The number of hydrogen-bond acceptors (Lipinski definition) is 2. The number of nitrogens with zero attached hydrogens (tertiary/aromatic N) is 1. The van der Waals surface area contributed by atoms with E-state index in [1.54, 1.807) is 6.07 Å². The van der Waals surface area contributed by atoms with Gasteiger partial charge in [0.2, 0.25) is 0 Å². The van der Waals surface area contributed by atoms with Crippen molar-refractivity contribution in [2.45, 2.75) is 0 Å². The fraction of sp³-hybridized carbons (Fsp3) is 0. The molecule has 4 nitrogen and oxygen atoms in total. The highest BCUT2D eigenvalue weighted by molar-refractivity contribution is 6.36. The Balaban J connectivity index is 2.40. The van der Waals surface area contributed by atoms with E-state index in [1.807, 2.05) is 30.3 Å². The zero-order valence-electron chi connectivity index (χ0n) is 10.8. The average Bonchev–Trinajstić information content (AvgIpc) is 2.82. The lowest BCUT2D eigenvalue weighted by Crippen LogP contribution is -2.21. The molecule has 0 aliphatic heterocycles. The SMILES string of the molecule is N=C(N)n1c(-c2cc(Cl)cc(Cl)c2O)cc2ccccc21. The van der Waals surface area contributed by atoms with Gasteiger partial charge in [-0.15, -0.1) is 0 Å². The van der Waals surface area contributed by atoms with Crippen molar-refractivity contribution in [3.63, 3.8) is 0 Å². The summed E-state index contributed by atoms with van der Waals surface area (Å²) in [4.78, 5) is 0. The lowest BCUT2D eigenvalue weighted by Gasteiger charge is -2.11. The highest BCUT2D eigenvalue weighted by atomic mass is 35.5. The molecule has 0 radical (unpaired) electrons. The number of aromatic nitrogens is 1. The second kappa shape index (κ2) is 4.98. The fourth-order valence-corrected chi connectivity index (χ4v) is 2.87. The second-order valence-electron chi connectivity index (χ2n) is 4.59. The van der Waals surface area contributed by atoms with Gasteiger partial charge in [-0.05, 0) is 24.3 Å². The molecule has 0 fully saturated rings. The number of benzene rings is 2. The van der Waals surface area contributed by atoms with Crippen LogP contribution >= 0.6 is 23.2 Å². The number of nitrogens with two attached hydrogens (primary N) is 1. The Morgan fingerprint density at radius 1 is 1.14 bits per heavy atom. The van der Waals surface area contributed by atoms with Crippen LogP contribution in [0, 0.1) is 5.41 Å². The first-order valence-electron chi connectivity index (χ1n) is 6.12. The average molecular weight is 320 g/mol. The molecule has 106 valence electrons. The van der Waals surface area contributed by atoms with Gasteiger partial charge in [0.1, 0.15) is 5.75 Å². The molecule has 0 aliphatic carbocycles. The quantitative estimate of drug-likeness (QED) is 0.467. The van der Waals surface area contributed by atoms with E-state index in [2.05, 4.69) is 0 Å². The maximum Gasteiger partial charge on any atom is 0.197 e. The molecule has 4 N–H and O–H groups in total. The number of nitrogen functional groups attached to an aromatic ring is 1. The molecule has 0 saturated heterocycles. The van der Waals surface area contributed by atoms with E-state index in [0.29, 0.717) is 16.3 Å². The van der Waals surface area contributed by atoms with Gasteiger partial charge in [-0.25, -0.2) is 0 Å². The normalized spacial score (nSPS) is 11.0. The van der Waals surface area contributed by atoms with Crippen LogP contribution in [-0.4, -0.2) is 15.6 Å². The standard InChI is InChI=1S/C15H11Cl2N3O/c16-9-6-10(14(21)11(17)7-9)13-5-8-3-1-2-4-12(8)20(13)15(18)19/h1-7,21H,(H3,18,19). The molecule has 0 spiro atoms. The number of rotatable bonds is 1. The number of fused-ring (bicyclic) bond motifs is 1. The summed E-state index contributed by atoms with van der Waals surface area (Å²) in [5.41, 5.74) is 7.45. The van der Waals surface area contributed by atoms with Gasteiger partial charge in [0.25, 0.3) is 0 Å². The van der Waals surface area contributed by atoms with E-state index in [9.17, 15) is 5.11 Å². The Morgan fingerprint density at radius 3 is 2.57 bits per heavy atom. The maximum absolute atomic E-state index is 10.2. The molecule has 0 unspecified atom stereocenters. The molecule has 3 rings (SSSR count). The van der Waals surface area contributed by atoms with E-state index in [0.717, 1.165) is 10.9 Å². The first kappa shape index (κ1) is 13.8. The summed E-state index contributed by atoms with van der Waals surface area (Å²) < 4.78 is 1.54. The van der Waals surface area contributed by atoms with E-state index < -0.39 is 0 Å². The van der Waals surface area contributed by atoms with Crippen molar-refractivity contribution >= 4 is 40.1 Å². The number of aromatic hydroxyl groups is 1. The Morgan fingerprint density at radius 2 is 1.86 bits per heavy atom. The van der Waals surface area contributed by atoms with Crippen molar-refractivity contribution in [2.24, 2.45) is 5.73 Å². The lowest BCUT2D eigenvalue weighted by molar-refractivity contribution is 0.477. The van der Waals surface area contributed by atoms with Gasteiger partial charge in [-0.1, -0.05) is 41.4 Å². The maximum atomic E-state index is 10.2. The Hall–Kier alpha value is -2.17. The van der Waals surface area contributed by atoms with Crippen LogP contribution in [-0.2, 0) is 0 Å². The zero-order valence-corrected chi connectivity index (χ0v) is 12.3. The predicted octanol–water partition coefficient (Wildman–Crippen LogP) is 4.06. The third-order valence-corrected chi connectivity index (χ3v) is 3.76. The van der Waals surface area contributed by atoms with E-state index in [-0.39, 0.29) is 16.7 Å². The highest BCUT2D eigenvalue weighted by Gasteiger charge is 2.17. The van der Waals surface area contributed by atoms with E-state index in [1.165, 1.54) is 10.6 Å². The molecule has 0 amide bonds. The zero-order chi connectivity index (χ0) is 15.1. The Kier molecular flexibility index (Phi) is 3.27. The van der Waals surface area contributed by atoms with Crippen LogP contribution in [0.3, 0.4) is 0 Å². The molecular formula is C15H11Cl2N3O. The van der Waals surface area contributed by atoms with Gasteiger partial charge in [-0.3, -0.25) is 9.98 Å². The van der Waals surface area contributed by atoms with Gasteiger partial charge in [0.05, 0.1) is 16.2 Å². The van der Waals surface area contributed by atoms with E-state index >= 15 is 0 Å². The second-order valence-corrected chi connectivity index (χ2v) is 5.44. The summed E-state index contributed by atoms with van der Waals surface area (Å²) in [5, 5.41) is 19.4. The van der Waals surface area contributed by atoms with Crippen molar-refractivity contribution in [2.75, 3.05) is 0 Å². The summed E-state index contributed by atoms with van der Waals surface area (Å²) in [7, 11) is 0. The lowest BCUT2D eigenvalue weighted by atomic mass is 10.1. The predicted molar refractivity (Wildman–Crippen MR) is 86.4 cm³/mol. The molecule has 2 aromatic carbocycles. The molecule has 1 heterocycles. The molecule has 3 aromatic rings. The molecular weight excluding hydrogens is 309 g/mol. The topological polar surface area (TPSA) is 75.0 Å². The summed E-state index contributed by atoms with van der Waals surface area (Å²) >= 11 is 12.0. The van der Waals surface area contributed by atoms with Crippen molar-refractivity contribution in [3.05, 3.63) is 52.5 Å². The van der Waals surface area contributed by atoms with Gasteiger partial charge in [0, 0.05) is 16.0 Å². The fourth-order valence-electron chi connectivity index (χ4n) is 2.37. The van der Waals surface area contributed by atoms with Gasteiger partial charge < -0.3 is 10.8 Å². The van der Waals surface area contributed by atoms with Crippen LogP contribution in [0.4, 0.5) is 0 Å². The van der Waals surface area contributed by atoms with Crippen LogP contribution < -0.4 is 5.73 Å². The smallest absolute Gasteiger partial charge is 0.197 e. The third-order valence-electron chi connectivity index (χ3n) is 3.26. The molecule has 0 saturated carbocycles. The van der Waals surface area contributed by atoms with Crippen molar-refractivity contribution in [1.82, 2.24) is 4.57 Å². The summed E-state index contributed by atoms with van der Waals surface area (Å²) in [6.45, 7) is 0. The third kappa shape index (κ3) is 2.22. The van der Waals surface area contributed by atoms with Gasteiger partial charge >= 0.3 is 0 Å². The minimum absolute atomic E-state index is 0.0913. The van der Waals surface area contributed by atoms with E-state index in [4.69, 9.17) is 34.3 Å². The molecule has 0 atom stereocenters. The monoisotopic (exact) mass is 319 g/mol. The first-order chi connectivity index (χ1) is 9.99. The molecule has 21 heavy (non-hydrogen) atoms. The largest absolute Gasteiger partial charge is 0.506 e. The Bertz CT molecular complexity index is 871. The minimum Gasteiger partial charge on any atom is -0.506 e.